The molecule has 0 aliphatic rings. The zero-order chi connectivity index (χ0) is 11.3. The lowest BCUT2D eigenvalue weighted by atomic mass is 9.99. The van der Waals surface area contributed by atoms with Crippen molar-refractivity contribution in [1.29, 1.82) is 0 Å². The summed E-state index contributed by atoms with van der Waals surface area (Å²) >= 11 is 0. The third-order valence-electron chi connectivity index (χ3n) is 2.82. The lowest BCUT2D eigenvalue weighted by Crippen LogP contribution is -1.98. The van der Waals surface area contributed by atoms with Crippen molar-refractivity contribution in [3.8, 4) is 0 Å². The summed E-state index contributed by atoms with van der Waals surface area (Å²) in [5, 5.41) is 0. The molecule has 1 aromatic rings. The summed E-state index contributed by atoms with van der Waals surface area (Å²) in [6.45, 7) is 4.55. The van der Waals surface area contributed by atoms with Gasteiger partial charge < -0.3 is 0 Å². The van der Waals surface area contributed by atoms with Crippen LogP contribution < -0.4 is 0 Å². The van der Waals surface area contributed by atoms with Crippen molar-refractivity contribution in [3.05, 3.63) is 29.8 Å². The Labute approximate surface area is 96.0 Å². The second kappa shape index (κ2) is 6.06. The van der Waals surface area contributed by atoms with Gasteiger partial charge >= 0.3 is 0 Å². The van der Waals surface area contributed by atoms with Crippen molar-refractivity contribution in [2.75, 3.05) is 13.3 Å². The van der Waals surface area contributed by atoms with Gasteiger partial charge in [0.25, 0.3) is 0 Å². The van der Waals surface area contributed by atoms with E-state index in [0.29, 0.717) is 0 Å². The fraction of sp³-hybridized carbons (Fsp3) is 0.538. The summed E-state index contributed by atoms with van der Waals surface area (Å²) in [6.07, 6.45) is 4.60. The maximum absolute atomic E-state index is 4.29. The highest BCUT2D eigenvalue weighted by Gasteiger charge is 2.01. The van der Waals surface area contributed by atoms with E-state index in [0.717, 1.165) is 5.92 Å². The maximum Gasteiger partial charge on any atom is 0.0350 e. The first-order valence-electron chi connectivity index (χ1n) is 5.52. The van der Waals surface area contributed by atoms with Crippen LogP contribution in [0, 0.1) is 5.92 Å². The highest BCUT2D eigenvalue weighted by Crippen LogP contribution is 2.14. The minimum atomic E-state index is 0.0619. The molecule has 0 bridgehead atoms. The van der Waals surface area contributed by atoms with Crippen LogP contribution in [0.25, 0.3) is 0 Å². The quantitative estimate of drug-likeness (QED) is 0.738. The third kappa shape index (κ3) is 3.78. The van der Waals surface area contributed by atoms with E-state index in [1.165, 1.54) is 23.3 Å². The Kier molecular flexibility index (Phi) is 5.03. The van der Waals surface area contributed by atoms with E-state index in [9.17, 15) is 0 Å². The van der Waals surface area contributed by atoms with Gasteiger partial charge in [-0.05, 0) is 36.3 Å². The van der Waals surface area contributed by atoms with Crippen LogP contribution in [0.15, 0.2) is 33.5 Å². The van der Waals surface area contributed by atoms with Gasteiger partial charge in [-0.3, -0.25) is 4.36 Å². The van der Waals surface area contributed by atoms with Gasteiger partial charge in [0.05, 0.1) is 0 Å². The maximum atomic E-state index is 4.29. The van der Waals surface area contributed by atoms with E-state index in [-0.39, 0.29) is 10.7 Å². The Hall–Kier alpha value is -0.630. The molecular weight excluding hydrogens is 202 g/mol. The minimum absolute atomic E-state index is 0.0619. The summed E-state index contributed by atoms with van der Waals surface area (Å²) in [5.74, 6) is 0.784. The molecule has 0 aliphatic heterocycles. The van der Waals surface area contributed by atoms with Gasteiger partial charge in [0.15, 0.2) is 0 Å². The van der Waals surface area contributed by atoms with E-state index in [1.807, 2.05) is 7.05 Å². The minimum Gasteiger partial charge on any atom is -0.264 e. The standard InChI is InChI=1S/C13H21NS/c1-5-11(2)10-12-6-8-13(9-7-12)15(4)14-3/h6-9,11H,5,10H2,1-4H3. The van der Waals surface area contributed by atoms with Crippen molar-refractivity contribution >= 4 is 10.7 Å². The fourth-order valence-corrected chi connectivity index (χ4v) is 2.22. The first-order valence-corrected chi connectivity index (χ1v) is 7.11. The van der Waals surface area contributed by atoms with E-state index in [4.69, 9.17) is 0 Å². The number of nitrogens with zero attached hydrogens (tertiary/aromatic N) is 1. The average Bonchev–Trinajstić information content (AvgIpc) is 2.29. The largest absolute Gasteiger partial charge is 0.264 e. The molecular formula is C13H21NS. The molecule has 0 radical (unpaired) electrons. The van der Waals surface area contributed by atoms with Gasteiger partial charge in [0.1, 0.15) is 0 Å². The molecule has 0 fully saturated rings. The molecule has 1 aromatic carbocycles. The predicted molar refractivity (Wildman–Crippen MR) is 69.5 cm³/mol. The number of benzene rings is 1. The van der Waals surface area contributed by atoms with Crippen LogP contribution >= 0.6 is 0 Å². The fourth-order valence-electron chi connectivity index (χ4n) is 1.47. The summed E-state index contributed by atoms with van der Waals surface area (Å²) < 4.78 is 4.29. The van der Waals surface area contributed by atoms with Gasteiger partial charge in [0.2, 0.25) is 0 Å². The number of hydrogen-bond donors (Lipinski definition) is 0. The zero-order valence-electron chi connectivity index (χ0n) is 10.2. The Bertz CT molecular complexity index is 327. The van der Waals surface area contributed by atoms with Gasteiger partial charge in [-0.2, -0.15) is 0 Å². The van der Waals surface area contributed by atoms with Gasteiger partial charge in [-0.25, -0.2) is 0 Å². The van der Waals surface area contributed by atoms with Crippen LogP contribution in [-0.4, -0.2) is 13.3 Å². The first-order chi connectivity index (χ1) is 7.17. The average molecular weight is 223 g/mol. The topological polar surface area (TPSA) is 12.4 Å². The van der Waals surface area contributed by atoms with Crippen molar-refractivity contribution in [2.24, 2.45) is 10.3 Å². The summed E-state index contributed by atoms with van der Waals surface area (Å²) in [6, 6.07) is 8.92. The molecule has 84 valence electrons. The van der Waals surface area contributed by atoms with E-state index in [1.54, 1.807) is 0 Å². The van der Waals surface area contributed by atoms with Crippen LogP contribution in [0.4, 0.5) is 0 Å². The molecule has 1 nitrogen and oxygen atoms in total. The van der Waals surface area contributed by atoms with Gasteiger partial charge in [0, 0.05) is 11.9 Å². The Balaban J connectivity index is 2.72. The summed E-state index contributed by atoms with van der Waals surface area (Å²) in [5.41, 5.74) is 1.45. The normalized spacial score (nSPS) is 15.2. The molecule has 0 heterocycles. The highest BCUT2D eigenvalue weighted by molar-refractivity contribution is 7.86. The molecule has 0 aromatic heterocycles. The van der Waals surface area contributed by atoms with Crippen molar-refractivity contribution < 1.29 is 0 Å². The van der Waals surface area contributed by atoms with Crippen molar-refractivity contribution in [3.63, 3.8) is 0 Å². The molecule has 0 N–H and O–H groups in total. The SMILES string of the molecule is CCC(C)Cc1ccc(/S(C)=N\C)cc1. The monoisotopic (exact) mass is 223 g/mol. The molecule has 0 saturated heterocycles. The van der Waals surface area contributed by atoms with E-state index in [2.05, 4.69) is 48.7 Å². The van der Waals surface area contributed by atoms with E-state index < -0.39 is 0 Å². The van der Waals surface area contributed by atoms with Crippen LogP contribution in [0.2, 0.25) is 0 Å². The molecule has 0 spiro atoms. The lowest BCUT2D eigenvalue weighted by molar-refractivity contribution is 0.560. The molecule has 2 atom stereocenters. The van der Waals surface area contributed by atoms with Crippen molar-refractivity contribution in [2.45, 2.75) is 31.6 Å². The number of hydrogen-bond acceptors (Lipinski definition) is 1. The molecule has 0 aliphatic carbocycles. The zero-order valence-corrected chi connectivity index (χ0v) is 11.0. The second-order valence-corrected chi connectivity index (χ2v) is 5.81. The van der Waals surface area contributed by atoms with Crippen LogP contribution in [0.1, 0.15) is 25.8 Å². The van der Waals surface area contributed by atoms with Gasteiger partial charge in [-0.15, -0.1) is 0 Å². The summed E-state index contributed by atoms with van der Waals surface area (Å²) in [4.78, 5) is 1.34. The smallest absolute Gasteiger partial charge is 0.0350 e. The summed E-state index contributed by atoms with van der Waals surface area (Å²) in [7, 11) is 1.95. The van der Waals surface area contributed by atoms with E-state index >= 15 is 0 Å². The lowest BCUT2D eigenvalue weighted by Gasteiger charge is -2.09. The van der Waals surface area contributed by atoms with Crippen LogP contribution in [0.5, 0.6) is 0 Å². The Morgan fingerprint density at radius 3 is 2.33 bits per heavy atom. The third-order valence-corrected chi connectivity index (χ3v) is 4.32. The number of rotatable bonds is 4. The Morgan fingerprint density at radius 2 is 1.87 bits per heavy atom. The molecule has 0 saturated carbocycles. The molecule has 15 heavy (non-hydrogen) atoms. The van der Waals surface area contributed by atoms with Crippen molar-refractivity contribution in [1.82, 2.24) is 0 Å². The molecule has 2 unspecified atom stereocenters. The first kappa shape index (κ1) is 12.4. The Morgan fingerprint density at radius 1 is 1.27 bits per heavy atom. The van der Waals surface area contributed by atoms with Crippen LogP contribution in [0.3, 0.4) is 0 Å². The van der Waals surface area contributed by atoms with Gasteiger partial charge in [-0.1, -0.05) is 43.1 Å². The molecule has 0 amide bonds. The molecule has 1 rings (SSSR count). The molecule has 2 heteroatoms. The van der Waals surface area contributed by atoms with Crippen LogP contribution in [-0.2, 0) is 17.1 Å². The highest BCUT2D eigenvalue weighted by atomic mass is 32.2. The predicted octanol–water partition coefficient (Wildman–Crippen LogP) is 3.70. The second-order valence-electron chi connectivity index (χ2n) is 4.02.